The lowest BCUT2D eigenvalue weighted by atomic mass is 9.83. The molecule has 0 spiro atoms. The van der Waals surface area contributed by atoms with Crippen LogP contribution in [0.2, 0.25) is 0 Å². The molecule has 1 atom stereocenters. The first kappa shape index (κ1) is 18.8. The molecule has 0 saturated carbocycles. The zero-order chi connectivity index (χ0) is 19.9. The predicted octanol–water partition coefficient (Wildman–Crippen LogP) is 3.20. The maximum atomic E-state index is 13.5. The molecule has 150 valence electrons. The second-order valence-corrected chi connectivity index (χ2v) is 8.05. The van der Waals surface area contributed by atoms with E-state index < -0.39 is 5.54 Å². The van der Waals surface area contributed by atoms with E-state index in [0.717, 1.165) is 60.0 Å². The van der Waals surface area contributed by atoms with Crippen LogP contribution in [0.5, 0.6) is 5.75 Å². The first-order valence-electron chi connectivity index (χ1n) is 10.3. The lowest BCUT2D eigenvalue weighted by molar-refractivity contribution is -0.166. The van der Waals surface area contributed by atoms with Gasteiger partial charge in [0, 0.05) is 24.0 Å². The Bertz CT molecular complexity index is 919. The highest BCUT2D eigenvalue weighted by Gasteiger charge is 2.53. The number of aromatic amines is 1. The fourth-order valence-electron chi connectivity index (χ4n) is 4.75. The van der Waals surface area contributed by atoms with Gasteiger partial charge in [0.15, 0.2) is 5.54 Å². The number of fused-ring (bicyclic) bond motifs is 5. The van der Waals surface area contributed by atoms with Crippen molar-refractivity contribution in [1.29, 1.82) is 0 Å². The lowest BCUT2D eigenvalue weighted by Crippen LogP contribution is -2.67. The highest BCUT2D eigenvalue weighted by molar-refractivity contribution is 6.00. The molecule has 1 saturated heterocycles. The smallest absolute Gasteiger partial charge is 0.254 e. The van der Waals surface area contributed by atoms with E-state index in [1.807, 2.05) is 25.1 Å². The summed E-state index contributed by atoms with van der Waals surface area (Å²) in [7, 11) is 1.66. The van der Waals surface area contributed by atoms with E-state index in [1.165, 1.54) is 0 Å². The van der Waals surface area contributed by atoms with Crippen LogP contribution >= 0.6 is 0 Å². The van der Waals surface area contributed by atoms with Crippen LogP contribution in [0.3, 0.4) is 0 Å². The number of nitrogens with one attached hydrogen (secondary N) is 1. The zero-order valence-electron chi connectivity index (χ0n) is 17.0. The molecular formula is C22H29N3O3. The average Bonchev–Trinajstić information content (AvgIpc) is 3.08. The Morgan fingerprint density at radius 1 is 1.21 bits per heavy atom. The molecule has 2 aliphatic rings. The average molecular weight is 383 g/mol. The van der Waals surface area contributed by atoms with Gasteiger partial charge in [0.05, 0.1) is 19.3 Å². The number of aromatic nitrogens is 1. The minimum atomic E-state index is -0.958. The molecule has 2 aliphatic heterocycles. The van der Waals surface area contributed by atoms with Crippen molar-refractivity contribution in [3.63, 3.8) is 0 Å². The zero-order valence-corrected chi connectivity index (χ0v) is 17.0. The van der Waals surface area contributed by atoms with E-state index in [2.05, 4.69) is 11.9 Å². The summed E-state index contributed by atoms with van der Waals surface area (Å²) in [6.45, 7) is 5.49. The highest BCUT2D eigenvalue weighted by atomic mass is 16.5. The number of H-pyrrole nitrogens is 1. The van der Waals surface area contributed by atoms with E-state index in [4.69, 9.17) is 4.74 Å². The maximum Gasteiger partial charge on any atom is 0.254 e. The van der Waals surface area contributed by atoms with Gasteiger partial charge >= 0.3 is 0 Å². The number of nitrogens with zero attached hydrogens (tertiary/aromatic N) is 2. The van der Waals surface area contributed by atoms with Gasteiger partial charge in [0.25, 0.3) is 5.91 Å². The third-order valence-electron chi connectivity index (χ3n) is 6.34. The van der Waals surface area contributed by atoms with Crippen molar-refractivity contribution in [3.05, 3.63) is 29.5 Å². The molecule has 0 aliphatic carbocycles. The number of unbranched alkanes of at least 4 members (excludes halogenated alkanes) is 3. The molecule has 2 amide bonds. The first-order valence-corrected chi connectivity index (χ1v) is 10.3. The molecule has 1 fully saturated rings. The van der Waals surface area contributed by atoms with Crippen LogP contribution in [0.1, 0.15) is 50.8 Å². The number of piperazine rings is 1. The lowest BCUT2D eigenvalue weighted by Gasteiger charge is -2.49. The first-order chi connectivity index (χ1) is 13.5. The Morgan fingerprint density at radius 3 is 2.79 bits per heavy atom. The van der Waals surface area contributed by atoms with Crippen molar-refractivity contribution in [1.82, 2.24) is 14.8 Å². The van der Waals surface area contributed by atoms with Crippen molar-refractivity contribution >= 4 is 22.7 Å². The molecule has 2 aromatic rings. The van der Waals surface area contributed by atoms with Gasteiger partial charge in [-0.05, 0) is 43.5 Å². The molecule has 1 N–H and O–H groups in total. The number of ether oxygens (including phenoxy) is 1. The van der Waals surface area contributed by atoms with Crippen LogP contribution < -0.4 is 4.74 Å². The summed E-state index contributed by atoms with van der Waals surface area (Å²) in [4.78, 5) is 33.4. The standard InChI is InChI=1S/C22H29N3O3/c1-4-5-6-7-11-24-14-19(26)25-12-10-16-17-13-15(28-3)8-9-18(17)23-20(16)22(25,2)21(24)27/h8-9,13,23H,4-7,10-12,14H2,1-3H3/t22-/m0/s1. The minimum absolute atomic E-state index is 0.0306. The molecule has 1 aromatic heterocycles. The number of carbonyl (C=O) groups is 2. The van der Waals surface area contributed by atoms with Crippen molar-refractivity contribution in [2.45, 2.75) is 51.5 Å². The van der Waals surface area contributed by atoms with Gasteiger partial charge in [-0.2, -0.15) is 0 Å². The largest absolute Gasteiger partial charge is 0.497 e. The van der Waals surface area contributed by atoms with E-state index >= 15 is 0 Å². The molecule has 6 heteroatoms. The number of hydrogen-bond acceptors (Lipinski definition) is 3. The van der Waals surface area contributed by atoms with Gasteiger partial charge in [-0.25, -0.2) is 0 Å². The van der Waals surface area contributed by atoms with E-state index in [1.54, 1.807) is 16.9 Å². The van der Waals surface area contributed by atoms with Crippen molar-refractivity contribution in [2.75, 3.05) is 26.7 Å². The van der Waals surface area contributed by atoms with Crippen LogP contribution in [-0.2, 0) is 21.5 Å². The van der Waals surface area contributed by atoms with Crippen LogP contribution in [0.15, 0.2) is 18.2 Å². The fourth-order valence-corrected chi connectivity index (χ4v) is 4.75. The summed E-state index contributed by atoms with van der Waals surface area (Å²) < 4.78 is 5.38. The number of methoxy groups -OCH3 is 1. The van der Waals surface area contributed by atoms with Crippen molar-refractivity contribution in [2.24, 2.45) is 0 Å². The third-order valence-corrected chi connectivity index (χ3v) is 6.34. The van der Waals surface area contributed by atoms with Crippen molar-refractivity contribution < 1.29 is 14.3 Å². The van der Waals surface area contributed by atoms with Crippen LogP contribution in [0, 0.1) is 0 Å². The second-order valence-electron chi connectivity index (χ2n) is 8.05. The summed E-state index contributed by atoms with van der Waals surface area (Å²) in [5, 5.41) is 1.08. The summed E-state index contributed by atoms with van der Waals surface area (Å²) >= 11 is 0. The topological polar surface area (TPSA) is 65.6 Å². The molecule has 0 bridgehead atoms. The molecule has 0 unspecified atom stereocenters. The molecule has 1 aromatic carbocycles. The normalized spacial score (nSPS) is 21.8. The number of carbonyl (C=O) groups excluding carboxylic acids is 2. The van der Waals surface area contributed by atoms with Gasteiger partial charge in [0.2, 0.25) is 5.91 Å². The van der Waals surface area contributed by atoms with Crippen LogP contribution in [0.4, 0.5) is 0 Å². The van der Waals surface area contributed by atoms with E-state index in [9.17, 15) is 9.59 Å². The van der Waals surface area contributed by atoms with Crippen LogP contribution in [0.25, 0.3) is 10.9 Å². The third kappa shape index (κ3) is 2.77. The Kier molecular flexibility index (Phi) is 4.81. The maximum absolute atomic E-state index is 13.5. The fraction of sp³-hybridized carbons (Fsp3) is 0.545. The summed E-state index contributed by atoms with van der Waals surface area (Å²) in [5.41, 5.74) is 2.01. The van der Waals surface area contributed by atoms with Gasteiger partial charge < -0.3 is 19.5 Å². The molecule has 28 heavy (non-hydrogen) atoms. The second kappa shape index (κ2) is 7.15. The van der Waals surface area contributed by atoms with E-state index in [0.29, 0.717) is 13.1 Å². The monoisotopic (exact) mass is 383 g/mol. The number of benzene rings is 1. The minimum Gasteiger partial charge on any atom is -0.497 e. The molecule has 6 nitrogen and oxygen atoms in total. The molecule has 3 heterocycles. The Hall–Kier alpha value is -2.50. The van der Waals surface area contributed by atoms with Gasteiger partial charge in [-0.1, -0.05) is 26.2 Å². The Morgan fingerprint density at radius 2 is 2.04 bits per heavy atom. The number of hydrogen-bond donors (Lipinski definition) is 1. The number of rotatable bonds is 6. The van der Waals surface area contributed by atoms with Gasteiger partial charge in [0.1, 0.15) is 5.75 Å². The van der Waals surface area contributed by atoms with Crippen LogP contribution in [-0.4, -0.2) is 53.3 Å². The predicted molar refractivity (Wildman–Crippen MR) is 108 cm³/mol. The number of amides is 2. The highest BCUT2D eigenvalue weighted by Crippen LogP contribution is 2.42. The molecule has 0 radical (unpaired) electrons. The summed E-state index contributed by atoms with van der Waals surface area (Å²) in [5.74, 6) is 0.869. The van der Waals surface area contributed by atoms with Gasteiger partial charge in [-0.15, -0.1) is 0 Å². The Balaban J connectivity index is 1.72. The summed E-state index contributed by atoms with van der Waals surface area (Å²) in [6, 6.07) is 5.91. The van der Waals surface area contributed by atoms with Gasteiger partial charge in [-0.3, -0.25) is 9.59 Å². The summed E-state index contributed by atoms with van der Waals surface area (Å²) in [6.07, 6.45) is 5.09. The van der Waals surface area contributed by atoms with E-state index in [-0.39, 0.29) is 18.4 Å². The van der Waals surface area contributed by atoms with Crippen molar-refractivity contribution in [3.8, 4) is 5.75 Å². The quantitative estimate of drug-likeness (QED) is 0.779. The Labute approximate surface area is 165 Å². The molecular weight excluding hydrogens is 354 g/mol. The molecule has 4 rings (SSSR count). The SMILES string of the molecule is CCCCCCN1CC(=O)N2CCc3c([nH]c4ccc(OC)cc34)[C@@]2(C)C1=O.